The second kappa shape index (κ2) is 9.41. The fourth-order valence-electron chi connectivity index (χ4n) is 3.07. The van der Waals surface area contributed by atoms with Crippen molar-refractivity contribution >= 4 is 23.4 Å². The topological polar surface area (TPSA) is 74.0 Å². The molecule has 0 atom stereocenters. The summed E-state index contributed by atoms with van der Waals surface area (Å²) in [4.78, 5) is 12.4. The number of aromatic nitrogens is 4. The number of alkyl halides is 3. The molecule has 0 unspecified atom stereocenters. The lowest BCUT2D eigenvalue weighted by atomic mass is 10.2. The zero-order chi connectivity index (χ0) is 23.4. The van der Waals surface area contributed by atoms with E-state index < -0.39 is 17.6 Å². The molecule has 170 valence electrons. The molecule has 0 aliphatic heterocycles. The Balaban J connectivity index is 1.54. The van der Waals surface area contributed by atoms with Gasteiger partial charge in [-0.15, -0.1) is 10.2 Å². The number of carbonyl (C=O) groups excluding carboxylic acids is 1. The van der Waals surface area contributed by atoms with Crippen LogP contribution in [0.15, 0.2) is 78.2 Å². The summed E-state index contributed by atoms with van der Waals surface area (Å²) in [6.07, 6.45) is -0.876. The highest BCUT2D eigenvalue weighted by Crippen LogP contribution is 2.31. The fourth-order valence-corrected chi connectivity index (χ4v) is 3.80. The number of amides is 1. The van der Waals surface area contributed by atoms with E-state index in [1.54, 1.807) is 28.9 Å². The maximum atomic E-state index is 12.9. The van der Waals surface area contributed by atoms with E-state index in [0.29, 0.717) is 16.7 Å². The van der Waals surface area contributed by atoms with Crippen molar-refractivity contribution in [3.05, 3.63) is 78.6 Å². The summed E-state index contributed by atoms with van der Waals surface area (Å²) in [7, 11) is 1.57. The number of benzene rings is 2. The molecule has 33 heavy (non-hydrogen) atoms. The molecule has 0 aliphatic carbocycles. The lowest BCUT2D eigenvalue weighted by Gasteiger charge is -2.12. The van der Waals surface area contributed by atoms with Gasteiger partial charge in [-0.3, -0.25) is 9.47 Å². The van der Waals surface area contributed by atoms with Crippen molar-refractivity contribution in [2.45, 2.75) is 11.3 Å². The van der Waals surface area contributed by atoms with Gasteiger partial charge in [0.1, 0.15) is 5.75 Å². The lowest BCUT2D eigenvalue weighted by Crippen LogP contribution is -2.16. The Kier molecular flexibility index (Phi) is 6.40. The number of thioether (sulfide) groups is 1. The van der Waals surface area contributed by atoms with Crippen LogP contribution >= 0.6 is 11.8 Å². The van der Waals surface area contributed by atoms with Gasteiger partial charge in [0.25, 0.3) is 0 Å². The van der Waals surface area contributed by atoms with Crippen LogP contribution in [0.5, 0.6) is 5.75 Å². The zero-order valence-corrected chi connectivity index (χ0v) is 18.1. The van der Waals surface area contributed by atoms with E-state index in [1.807, 2.05) is 36.4 Å². The minimum atomic E-state index is -4.49. The van der Waals surface area contributed by atoms with Crippen LogP contribution in [0.2, 0.25) is 0 Å². The van der Waals surface area contributed by atoms with Gasteiger partial charge in [-0.25, -0.2) is 4.68 Å². The van der Waals surface area contributed by atoms with Crippen molar-refractivity contribution in [1.82, 2.24) is 19.5 Å². The lowest BCUT2D eigenvalue weighted by molar-refractivity contribution is -0.137. The van der Waals surface area contributed by atoms with Gasteiger partial charge in [0.05, 0.1) is 18.4 Å². The average Bonchev–Trinajstić information content (AvgIpc) is 3.47. The molecule has 4 aromatic rings. The third-order valence-electron chi connectivity index (χ3n) is 4.57. The molecule has 4 rings (SSSR count). The summed E-state index contributed by atoms with van der Waals surface area (Å²) in [6.45, 7) is 0. The second-order valence-corrected chi connectivity index (χ2v) is 7.77. The van der Waals surface area contributed by atoms with Crippen LogP contribution in [-0.2, 0) is 11.0 Å². The first-order valence-electron chi connectivity index (χ1n) is 9.68. The molecule has 1 amide bonds. The molecule has 2 aromatic carbocycles. The molecule has 2 aromatic heterocycles. The predicted molar refractivity (Wildman–Crippen MR) is 118 cm³/mol. The van der Waals surface area contributed by atoms with Gasteiger partial charge >= 0.3 is 6.18 Å². The van der Waals surface area contributed by atoms with Crippen LogP contribution < -0.4 is 10.1 Å². The summed E-state index contributed by atoms with van der Waals surface area (Å²) < 4.78 is 47.5. The van der Waals surface area contributed by atoms with Crippen molar-refractivity contribution < 1.29 is 22.7 Å². The number of hydrogen-bond donors (Lipinski definition) is 1. The quantitative estimate of drug-likeness (QED) is 0.390. The first kappa shape index (κ1) is 22.5. The van der Waals surface area contributed by atoms with Gasteiger partial charge in [-0.1, -0.05) is 30.0 Å². The van der Waals surface area contributed by atoms with E-state index in [4.69, 9.17) is 4.74 Å². The van der Waals surface area contributed by atoms with Crippen LogP contribution in [-0.4, -0.2) is 38.3 Å². The number of methoxy groups -OCH3 is 1. The molecule has 0 spiro atoms. The van der Waals surface area contributed by atoms with Gasteiger partial charge < -0.3 is 10.1 Å². The van der Waals surface area contributed by atoms with Crippen molar-refractivity contribution in [1.29, 1.82) is 0 Å². The number of ether oxygens (including phenoxy) is 1. The van der Waals surface area contributed by atoms with Gasteiger partial charge in [0, 0.05) is 23.6 Å². The first-order valence-corrected chi connectivity index (χ1v) is 10.7. The maximum absolute atomic E-state index is 12.9. The minimum Gasteiger partial charge on any atom is -0.497 e. The Morgan fingerprint density at radius 3 is 2.55 bits per heavy atom. The number of halogens is 3. The molecule has 2 heterocycles. The van der Waals surface area contributed by atoms with E-state index in [-0.39, 0.29) is 11.4 Å². The first-order chi connectivity index (χ1) is 15.8. The van der Waals surface area contributed by atoms with Crippen molar-refractivity contribution in [3.63, 3.8) is 0 Å². The smallest absolute Gasteiger partial charge is 0.416 e. The van der Waals surface area contributed by atoms with E-state index in [1.165, 1.54) is 12.1 Å². The normalized spacial score (nSPS) is 11.4. The number of nitrogens with zero attached hydrogens (tertiary/aromatic N) is 4. The second-order valence-electron chi connectivity index (χ2n) is 6.83. The van der Waals surface area contributed by atoms with Gasteiger partial charge in [0.2, 0.25) is 11.1 Å². The molecule has 0 saturated heterocycles. The number of carbonyl (C=O) groups is 1. The Morgan fingerprint density at radius 2 is 1.82 bits per heavy atom. The van der Waals surface area contributed by atoms with Crippen molar-refractivity contribution in [3.8, 4) is 17.1 Å². The molecule has 0 saturated carbocycles. The highest BCUT2D eigenvalue weighted by atomic mass is 32.2. The maximum Gasteiger partial charge on any atom is 0.416 e. The van der Waals surface area contributed by atoms with Gasteiger partial charge in [-0.05, 0) is 42.5 Å². The van der Waals surface area contributed by atoms with Crippen molar-refractivity contribution in [2.24, 2.45) is 0 Å². The highest BCUT2D eigenvalue weighted by Gasteiger charge is 2.30. The average molecular weight is 473 g/mol. The zero-order valence-electron chi connectivity index (χ0n) is 17.3. The van der Waals surface area contributed by atoms with E-state index in [0.717, 1.165) is 29.5 Å². The van der Waals surface area contributed by atoms with E-state index >= 15 is 0 Å². The third-order valence-corrected chi connectivity index (χ3v) is 5.48. The number of anilines is 1. The summed E-state index contributed by atoms with van der Waals surface area (Å²) >= 11 is 1.11. The van der Waals surface area contributed by atoms with Gasteiger partial charge in [0.15, 0.2) is 5.82 Å². The van der Waals surface area contributed by atoms with Crippen LogP contribution in [0.1, 0.15) is 5.56 Å². The largest absolute Gasteiger partial charge is 0.497 e. The van der Waals surface area contributed by atoms with E-state index in [9.17, 15) is 18.0 Å². The summed E-state index contributed by atoms with van der Waals surface area (Å²) in [5.41, 5.74) is -0.00146. The van der Waals surface area contributed by atoms with Crippen LogP contribution in [0.3, 0.4) is 0 Å². The summed E-state index contributed by atoms with van der Waals surface area (Å²) in [6, 6.07) is 15.5. The summed E-state index contributed by atoms with van der Waals surface area (Å²) in [5, 5.41) is 11.4. The molecule has 0 fully saturated rings. The van der Waals surface area contributed by atoms with E-state index in [2.05, 4.69) is 15.5 Å². The standard InChI is InChI=1S/C22H18F3N5O2S/c1-32-18-9-4-6-15(12-18)20-27-28-21(30(20)29-10-2-3-11-29)33-14-19(31)26-17-8-5-7-16(13-17)22(23,24)25/h2-13H,14H2,1H3,(H,26,31). The molecule has 0 aliphatic rings. The van der Waals surface area contributed by atoms with Crippen molar-refractivity contribution in [2.75, 3.05) is 18.2 Å². The predicted octanol–water partition coefficient (Wildman–Crippen LogP) is 4.82. The molecular formula is C22H18F3N5O2S. The number of nitrogens with one attached hydrogen (secondary N) is 1. The number of rotatable bonds is 7. The third kappa shape index (κ3) is 5.20. The summed E-state index contributed by atoms with van der Waals surface area (Å²) in [5.74, 6) is 0.646. The molecule has 1 N–H and O–H groups in total. The molecule has 0 bridgehead atoms. The van der Waals surface area contributed by atoms with Crippen LogP contribution in [0.25, 0.3) is 11.4 Å². The minimum absolute atomic E-state index is 0.0689. The van der Waals surface area contributed by atoms with Gasteiger partial charge in [-0.2, -0.15) is 13.2 Å². The fraction of sp³-hybridized carbons (Fsp3) is 0.136. The monoisotopic (exact) mass is 473 g/mol. The Hall–Kier alpha value is -3.73. The van der Waals surface area contributed by atoms with Crippen LogP contribution in [0, 0.1) is 0 Å². The Labute approximate surface area is 191 Å². The molecular weight excluding hydrogens is 455 g/mol. The molecule has 11 heteroatoms. The Morgan fingerprint density at radius 1 is 1.06 bits per heavy atom. The Bertz CT molecular complexity index is 1260. The molecule has 7 nitrogen and oxygen atoms in total. The SMILES string of the molecule is COc1cccc(-c2nnc(SCC(=O)Nc3cccc(C(F)(F)F)c3)n2-n2cccc2)c1. The highest BCUT2D eigenvalue weighted by molar-refractivity contribution is 7.99. The van der Waals surface area contributed by atoms with Crippen LogP contribution in [0.4, 0.5) is 18.9 Å². The number of hydrogen-bond acceptors (Lipinski definition) is 5. The molecule has 0 radical (unpaired) electrons.